The first-order chi connectivity index (χ1) is 9.31. The number of nitrogens with two attached hydrogens (primary N) is 1. The topological polar surface area (TPSA) is 32.5 Å². The molecule has 0 aromatic heterocycles. The molecule has 0 bridgehead atoms. The standard InChI is InChI=1S/C16H27N3/c1-2-18(12-15-6-4-3-5-7-15)13-16-8-10-19(14-16)11-9-17/h3-7,16H,2,8-14,17H2,1H3/t16-/m0/s1. The van der Waals surface area contributed by atoms with Crippen LogP contribution in [0.4, 0.5) is 0 Å². The summed E-state index contributed by atoms with van der Waals surface area (Å²) in [6, 6.07) is 10.8. The molecule has 3 nitrogen and oxygen atoms in total. The Morgan fingerprint density at radius 1 is 1.32 bits per heavy atom. The van der Waals surface area contributed by atoms with E-state index in [0.29, 0.717) is 0 Å². The van der Waals surface area contributed by atoms with E-state index in [4.69, 9.17) is 5.73 Å². The summed E-state index contributed by atoms with van der Waals surface area (Å²) in [5.41, 5.74) is 7.05. The van der Waals surface area contributed by atoms with Gasteiger partial charge in [0.2, 0.25) is 0 Å². The minimum Gasteiger partial charge on any atom is -0.329 e. The molecule has 1 saturated heterocycles. The number of hydrogen-bond acceptors (Lipinski definition) is 3. The minimum absolute atomic E-state index is 0.786. The Hall–Kier alpha value is -0.900. The maximum atomic E-state index is 5.63. The molecule has 0 spiro atoms. The number of benzene rings is 1. The fourth-order valence-corrected chi connectivity index (χ4v) is 2.96. The van der Waals surface area contributed by atoms with Gasteiger partial charge in [0.05, 0.1) is 0 Å². The second-order valence-electron chi connectivity index (χ2n) is 5.56. The van der Waals surface area contributed by atoms with E-state index in [9.17, 15) is 0 Å². The maximum absolute atomic E-state index is 5.63. The molecule has 1 atom stereocenters. The molecule has 0 saturated carbocycles. The second-order valence-corrected chi connectivity index (χ2v) is 5.56. The SMILES string of the molecule is CCN(Cc1ccccc1)C[C@@H]1CCN(CCN)C1. The van der Waals surface area contributed by atoms with Crippen LogP contribution in [0.1, 0.15) is 18.9 Å². The monoisotopic (exact) mass is 261 g/mol. The average Bonchev–Trinajstić information content (AvgIpc) is 2.87. The highest BCUT2D eigenvalue weighted by Gasteiger charge is 2.23. The highest BCUT2D eigenvalue weighted by Crippen LogP contribution is 2.18. The van der Waals surface area contributed by atoms with Gasteiger partial charge in [-0.2, -0.15) is 0 Å². The van der Waals surface area contributed by atoms with E-state index >= 15 is 0 Å². The van der Waals surface area contributed by atoms with Gasteiger partial charge in [-0.3, -0.25) is 4.90 Å². The van der Waals surface area contributed by atoms with Gasteiger partial charge < -0.3 is 10.6 Å². The Balaban J connectivity index is 1.80. The van der Waals surface area contributed by atoms with Gasteiger partial charge in [0.25, 0.3) is 0 Å². The van der Waals surface area contributed by atoms with Crippen LogP contribution in [-0.4, -0.2) is 49.1 Å². The van der Waals surface area contributed by atoms with Gasteiger partial charge >= 0.3 is 0 Å². The van der Waals surface area contributed by atoms with Gasteiger partial charge in [-0.05, 0) is 31.0 Å². The highest BCUT2D eigenvalue weighted by molar-refractivity contribution is 5.14. The molecule has 2 rings (SSSR count). The van der Waals surface area contributed by atoms with Crippen LogP contribution < -0.4 is 5.73 Å². The lowest BCUT2D eigenvalue weighted by atomic mass is 10.1. The van der Waals surface area contributed by atoms with Crippen LogP contribution in [0, 0.1) is 5.92 Å². The first-order valence-electron chi connectivity index (χ1n) is 7.50. The molecule has 19 heavy (non-hydrogen) atoms. The lowest BCUT2D eigenvalue weighted by molar-refractivity contribution is 0.229. The zero-order valence-corrected chi connectivity index (χ0v) is 12.1. The van der Waals surface area contributed by atoms with Crippen molar-refractivity contribution in [3.63, 3.8) is 0 Å². The molecule has 3 heteroatoms. The van der Waals surface area contributed by atoms with Crippen molar-refractivity contribution >= 4 is 0 Å². The molecule has 1 fully saturated rings. The van der Waals surface area contributed by atoms with Crippen LogP contribution in [-0.2, 0) is 6.54 Å². The normalized spacial score (nSPS) is 20.3. The summed E-state index contributed by atoms with van der Waals surface area (Å²) in [4.78, 5) is 5.06. The largest absolute Gasteiger partial charge is 0.329 e. The molecule has 0 radical (unpaired) electrons. The van der Waals surface area contributed by atoms with Crippen molar-refractivity contribution in [1.82, 2.24) is 9.80 Å². The van der Waals surface area contributed by atoms with Gasteiger partial charge in [-0.1, -0.05) is 37.3 Å². The third-order valence-electron chi connectivity index (χ3n) is 4.03. The van der Waals surface area contributed by atoms with Crippen molar-refractivity contribution in [3.05, 3.63) is 35.9 Å². The summed E-state index contributed by atoms with van der Waals surface area (Å²) >= 11 is 0. The Kier molecular flexibility index (Phi) is 5.83. The molecule has 1 aromatic carbocycles. The number of likely N-dealkylation sites (tertiary alicyclic amines) is 1. The molecule has 2 N–H and O–H groups in total. The molecule has 0 amide bonds. The van der Waals surface area contributed by atoms with Crippen molar-refractivity contribution in [2.24, 2.45) is 11.7 Å². The van der Waals surface area contributed by atoms with Gasteiger partial charge in [-0.25, -0.2) is 0 Å². The summed E-state index contributed by atoms with van der Waals surface area (Å²) in [7, 11) is 0. The number of nitrogens with zero attached hydrogens (tertiary/aromatic N) is 2. The zero-order valence-electron chi connectivity index (χ0n) is 12.1. The fourth-order valence-electron chi connectivity index (χ4n) is 2.96. The second kappa shape index (κ2) is 7.63. The third kappa shape index (κ3) is 4.60. The predicted molar refractivity (Wildman–Crippen MR) is 81.0 cm³/mol. The van der Waals surface area contributed by atoms with Crippen molar-refractivity contribution in [2.45, 2.75) is 19.9 Å². The number of rotatable bonds is 7. The lowest BCUT2D eigenvalue weighted by Gasteiger charge is -2.24. The van der Waals surface area contributed by atoms with Crippen LogP contribution in [0.3, 0.4) is 0 Å². The molecular formula is C16H27N3. The summed E-state index contributed by atoms with van der Waals surface area (Å²) in [6.07, 6.45) is 1.32. The lowest BCUT2D eigenvalue weighted by Crippen LogP contribution is -2.32. The van der Waals surface area contributed by atoms with Gasteiger partial charge in [0.1, 0.15) is 0 Å². The molecule has 1 aliphatic heterocycles. The van der Waals surface area contributed by atoms with Crippen molar-refractivity contribution < 1.29 is 0 Å². The molecular weight excluding hydrogens is 234 g/mol. The number of hydrogen-bond donors (Lipinski definition) is 1. The molecule has 0 unspecified atom stereocenters. The Morgan fingerprint density at radius 2 is 2.11 bits per heavy atom. The van der Waals surface area contributed by atoms with E-state index < -0.39 is 0 Å². The zero-order chi connectivity index (χ0) is 13.5. The minimum atomic E-state index is 0.786. The Labute approximate surface area is 117 Å². The van der Waals surface area contributed by atoms with Crippen LogP contribution >= 0.6 is 0 Å². The molecule has 106 valence electrons. The van der Waals surface area contributed by atoms with E-state index in [2.05, 4.69) is 47.1 Å². The molecule has 1 heterocycles. The smallest absolute Gasteiger partial charge is 0.0233 e. The summed E-state index contributed by atoms with van der Waals surface area (Å²) in [6.45, 7) is 9.97. The summed E-state index contributed by atoms with van der Waals surface area (Å²) in [5, 5.41) is 0. The maximum Gasteiger partial charge on any atom is 0.0233 e. The molecule has 0 aliphatic carbocycles. The summed E-state index contributed by atoms with van der Waals surface area (Å²) in [5.74, 6) is 0.815. The van der Waals surface area contributed by atoms with Gasteiger partial charge in [0.15, 0.2) is 0 Å². The third-order valence-corrected chi connectivity index (χ3v) is 4.03. The van der Waals surface area contributed by atoms with E-state index in [1.54, 1.807) is 0 Å². The first-order valence-corrected chi connectivity index (χ1v) is 7.50. The van der Waals surface area contributed by atoms with Gasteiger partial charge in [-0.15, -0.1) is 0 Å². The van der Waals surface area contributed by atoms with E-state index in [0.717, 1.165) is 32.1 Å². The first kappa shape index (κ1) is 14.5. The predicted octanol–water partition coefficient (Wildman–Crippen LogP) is 1.79. The quantitative estimate of drug-likeness (QED) is 0.812. The van der Waals surface area contributed by atoms with Crippen LogP contribution in [0.2, 0.25) is 0 Å². The Bertz CT molecular complexity index is 352. The van der Waals surface area contributed by atoms with E-state index in [1.807, 2.05) is 0 Å². The van der Waals surface area contributed by atoms with Crippen molar-refractivity contribution in [1.29, 1.82) is 0 Å². The van der Waals surface area contributed by atoms with Crippen molar-refractivity contribution in [3.8, 4) is 0 Å². The fraction of sp³-hybridized carbons (Fsp3) is 0.625. The van der Waals surface area contributed by atoms with E-state index in [1.165, 1.54) is 31.6 Å². The van der Waals surface area contributed by atoms with E-state index in [-0.39, 0.29) is 0 Å². The van der Waals surface area contributed by atoms with Crippen LogP contribution in [0.15, 0.2) is 30.3 Å². The molecule has 1 aromatic rings. The average molecular weight is 261 g/mol. The van der Waals surface area contributed by atoms with Crippen LogP contribution in [0.25, 0.3) is 0 Å². The highest BCUT2D eigenvalue weighted by atomic mass is 15.2. The molecule has 1 aliphatic rings. The Morgan fingerprint density at radius 3 is 2.79 bits per heavy atom. The van der Waals surface area contributed by atoms with Crippen LogP contribution in [0.5, 0.6) is 0 Å². The van der Waals surface area contributed by atoms with Gasteiger partial charge in [0, 0.05) is 32.7 Å². The van der Waals surface area contributed by atoms with Crippen molar-refractivity contribution in [2.75, 3.05) is 39.3 Å². The summed E-state index contributed by atoms with van der Waals surface area (Å²) < 4.78 is 0.